The molecule has 1 aromatic heterocycles. The summed E-state index contributed by atoms with van der Waals surface area (Å²) < 4.78 is 21.3. The van der Waals surface area contributed by atoms with Gasteiger partial charge in [-0.25, -0.2) is 9.18 Å². The zero-order valence-corrected chi connectivity index (χ0v) is 18.9. The number of benzene rings is 1. The molecule has 1 aliphatic carbocycles. The lowest BCUT2D eigenvalue weighted by Gasteiger charge is -2.38. The number of rotatable bonds is 5. The van der Waals surface area contributed by atoms with Gasteiger partial charge in [0.2, 0.25) is 0 Å². The fourth-order valence-electron chi connectivity index (χ4n) is 4.08. The molecule has 4 rings (SSSR count). The Labute approximate surface area is 188 Å². The van der Waals surface area contributed by atoms with Crippen LogP contribution in [0.5, 0.6) is 0 Å². The van der Waals surface area contributed by atoms with Crippen LogP contribution < -0.4 is 0 Å². The van der Waals surface area contributed by atoms with E-state index in [-0.39, 0.29) is 17.5 Å². The summed E-state index contributed by atoms with van der Waals surface area (Å²) in [6, 6.07) is 7.66. The lowest BCUT2D eigenvalue weighted by Crippen LogP contribution is -2.37. The highest BCUT2D eigenvalue weighted by molar-refractivity contribution is 5.89. The number of carbonyl (C=O) groups excluding carboxylic acids is 2. The molecule has 1 aromatic carbocycles. The summed E-state index contributed by atoms with van der Waals surface area (Å²) >= 11 is 0. The van der Waals surface area contributed by atoms with Gasteiger partial charge in [0.05, 0.1) is 5.69 Å². The molecule has 0 N–H and O–H groups in total. The van der Waals surface area contributed by atoms with Gasteiger partial charge >= 0.3 is 6.09 Å². The molecule has 0 bridgehead atoms. The van der Waals surface area contributed by atoms with E-state index < -0.39 is 17.7 Å². The van der Waals surface area contributed by atoms with Crippen LogP contribution in [0.2, 0.25) is 0 Å². The van der Waals surface area contributed by atoms with Crippen LogP contribution in [0.3, 0.4) is 0 Å². The standard InChI is InChI=1S/C25H30FN3O3/c1-25(2,3)32-24(31)29-15-13-18(27-29)16-19-8-6-7-14-28(19)22(23(30)17-11-12-17)20-9-4-5-10-21(20)26/h4-5,9-10,13,15-17,22H,6-8,11-12,14H2,1-3H3. The highest BCUT2D eigenvalue weighted by Crippen LogP contribution is 2.41. The molecule has 2 heterocycles. The molecule has 1 atom stereocenters. The summed E-state index contributed by atoms with van der Waals surface area (Å²) in [5, 5.41) is 4.34. The van der Waals surface area contributed by atoms with E-state index in [0.29, 0.717) is 17.8 Å². The van der Waals surface area contributed by atoms with Crippen molar-refractivity contribution in [3.63, 3.8) is 0 Å². The van der Waals surface area contributed by atoms with Crippen LogP contribution in [0.15, 0.2) is 42.2 Å². The number of likely N-dealkylation sites (tertiary alicyclic amines) is 1. The molecule has 7 heteroatoms. The van der Waals surface area contributed by atoms with E-state index in [1.54, 1.807) is 51.2 Å². The molecule has 0 amide bonds. The second-order valence-electron chi connectivity index (χ2n) is 9.55. The van der Waals surface area contributed by atoms with Crippen LogP contribution in [0.1, 0.15) is 70.2 Å². The van der Waals surface area contributed by atoms with Gasteiger partial charge in [0, 0.05) is 29.9 Å². The average Bonchev–Trinajstić information content (AvgIpc) is 3.48. The van der Waals surface area contributed by atoms with Gasteiger partial charge in [-0.05, 0) is 71.1 Å². The molecular formula is C25H30FN3O3. The second-order valence-corrected chi connectivity index (χ2v) is 9.55. The van der Waals surface area contributed by atoms with Crippen molar-refractivity contribution in [1.29, 1.82) is 0 Å². The first kappa shape index (κ1) is 22.2. The molecule has 1 saturated carbocycles. The largest absolute Gasteiger partial charge is 0.442 e. The smallest absolute Gasteiger partial charge is 0.435 e. The molecule has 1 unspecified atom stereocenters. The molecule has 2 aliphatic rings. The van der Waals surface area contributed by atoms with Crippen molar-refractivity contribution in [2.75, 3.05) is 6.54 Å². The maximum atomic E-state index is 14.8. The van der Waals surface area contributed by atoms with Crippen molar-refractivity contribution < 1.29 is 18.7 Å². The Morgan fingerprint density at radius 3 is 2.62 bits per heavy atom. The fourth-order valence-corrected chi connectivity index (χ4v) is 4.08. The number of hydrogen-bond acceptors (Lipinski definition) is 5. The van der Waals surface area contributed by atoms with E-state index >= 15 is 0 Å². The summed E-state index contributed by atoms with van der Waals surface area (Å²) in [7, 11) is 0. The summed E-state index contributed by atoms with van der Waals surface area (Å²) in [6.45, 7) is 6.08. The molecule has 2 aromatic rings. The first-order valence-corrected chi connectivity index (χ1v) is 11.3. The molecule has 0 radical (unpaired) electrons. The average molecular weight is 440 g/mol. The normalized spacial score (nSPS) is 19.1. The Balaban J connectivity index is 1.64. The molecule has 1 aliphatic heterocycles. The van der Waals surface area contributed by atoms with Crippen molar-refractivity contribution in [1.82, 2.24) is 14.7 Å². The zero-order chi connectivity index (χ0) is 22.9. The minimum Gasteiger partial charge on any atom is -0.442 e. The number of carbonyl (C=O) groups is 2. The first-order chi connectivity index (χ1) is 15.2. The van der Waals surface area contributed by atoms with E-state index in [4.69, 9.17) is 4.74 Å². The van der Waals surface area contributed by atoms with Gasteiger partial charge < -0.3 is 9.64 Å². The van der Waals surface area contributed by atoms with Crippen molar-refractivity contribution in [2.45, 2.75) is 64.5 Å². The predicted octanol–water partition coefficient (Wildman–Crippen LogP) is 5.35. The third-order valence-corrected chi connectivity index (χ3v) is 5.72. The van der Waals surface area contributed by atoms with Crippen LogP contribution in [0, 0.1) is 11.7 Å². The highest BCUT2D eigenvalue weighted by atomic mass is 19.1. The zero-order valence-electron chi connectivity index (χ0n) is 18.9. The number of ether oxygens (including phenoxy) is 1. The maximum Gasteiger partial charge on any atom is 0.435 e. The maximum absolute atomic E-state index is 14.8. The van der Waals surface area contributed by atoms with Gasteiger partial charge in [-0.3, -0.25) is 4.79 Å². The molecule has 6 nitrogen and oxygen atoms in total. The number of ketones is 1. The highest BCUT2D eigenvalue weighted by Gasteiger charge is 2.40. The molecule has 32 heavy (non-hydrogen) atoms. The number of Topliss-reactive ketones (excluding diaryl/α,β-unsaturated/α-hetero) is 1. The van der Waals surface area contributed by atoms with E-state index in [9.17, 15) is 14.0 Å². The molecule has 0 spiro atoms. The Hall–Kier alpha value is -2.96. The topological polar surface area (TPSA) is 64.4 Å². The van der Waals surface area contributed by atoms with Crippen LogP contribution in [-0.4, -0.2) is 38.7 Å². The van der Waals surface area contributed by atoms with E-state index in [1.807, 2.05) is 11.0 Å². The number of piperidine rings is 1. The van der Waals surface area contributed by atoms with Crippen LogP contribution in [0.25, 0.3) is 6.08 Å². The predicted molar refractivity (Wildman–Crippen MR) is 119 cm³/mol. The number of allylic oxidation sites excluding steroid dienone is 1. The van der Waals surface area contributed by atoms with Crippen LogP contribution in [0.4, 0.5) is 9.18 Å². The van der Waals surface area contributed by atoms with E-state index in [1.165, 1.54) is 10.7 Å². The van der Waals surface area contributed by atoms with Gasteiger partial charge in [0.1, 0.15) is 17.5 Å². The van der Waals surface area contributed by atoms with Crippen LogP contribution >= 0.6 is 0 Å². The Morgan fingerprint density at radius 1 is 1.19 bits per heavy atom. The van der Waals surface area contributed by atoms with E-state index in [2.05, 4.69) is 5.10 Å². The number of nitrogens with zero attached hydrogens (tertiary/aromatic N) is 3. The van der Waals surface area contributed by atoms with Gasteiger partial charge in [-0.2, -0.15) is 9.78 Å². The van der Waals surface area contributed by atoms with Gasteiger partial charge in [0.25, 0.3) is 0 Å². The van der Waals surface area contributed by atoms with Gasteiger partial charge in [0.15, 0.2) is 5.78 Å². The molecular weight excluding hydrogens is 409 g/mol. The Kier molecular flexibility index (Phi) is 6.17. The van der Waals surface area contributed by atoms with Crippen molar-refractivity contribution in [2.24, 2.45) is 5.92 Å². The monoisotopic (exact) mass is 439 g/mol. The van der Waals surface area contributed by atoms with Gasteiger partial charge in [-0.15, -0.1) is 0 Å². The Morgan fingerprint density at radius 2 is 1.94 bits per heavy atom. The second kappa shape index (κ2) is 8.88. The third-order valence-electron chi connectivity index (χ3n) is 5.72. The van der Waals surface area contributed by atoms with Crippen LogP contribution in [-0.2, 0) is 9.53 Å². The molecule has 170 valence electrons. The summed E-state index contributed by atoms with van der Waals surface area (Å²) in [5.74, 6) is -0.262. The summed E-state index contributed by atoms with van der Waals surface area (Å²) in [6.07, 6.45) is 7.35. The lowest BCUT2D eigenvalue weighted by atomic mass is 9.93. The molecule has 2 fully saturated rings. The van der Waals surface area contributed by atoms with Crippen molar-refractivity contribution >= 4 is 18.0 Å². The van der Waals surface area contributed by atoms with Gasteiger partial charge in [-0.1, -0.05) is 18.2 Å². The SMILES string of the molecule is CC(C)(C)OC(=O)n1ccc(C=C2CCCCN2C(C(=O)C2CC2)c2ccccc2F)n1. The minimum atomic E-state index is -0.636. The minimum absolute atomic E-state index is 0.00848. The number of aromatic nitrogens is 2. The van der Waals surface area contributed by atoms with Crippen molar-refractivity contribution in [3.8, 4) is 0 Å². The number of halogens is 1. The lowest BCUT2D eigenvalue weighted by molar-refractivity contribution is -0.125. The quantitative estimate of drug-likeness (QED) is 0.628. The Bertz CT molecular complexity index is 1030. The number of hydrogen-bond donors (Lipinski definition) is 0. The summed E-state index contributed by atoms with van der Waals surface area (Å²) in [5.41, 5.74) is 1.35. The fraction of sp³-hybridized carbons (Fsp3) is 0.480. The van der Waals surface area contributed by atoms with E-state index in [0.717, 1.165) is 37.8 Å². The van der Waals surface area contributed by atoms with Crippen molar-refractivity contribution in [3.05, 3.63) is 59.3 Å². The third kappa shape index (κ3) is 5.09. The molecule has 1 saturated heterocycles. The summed E-state index contributed by atoms with van der Waals surface area (Å²) in [4.78, 5) is 27.6. The first-order valence-electron chi connectivity index (χ1n) is 11.3.